The minimum atomic E-state index is 0.0592. The third-order valence-corrected chi connectivity index (χ3v) is 5.18. The fourth-order valence-electron chi connectivity index (χ4n) is 3.91. The maximum Gasteiger partial charge on any atom is 0.309 e. The maximum atomic E-state index is 12.3. The highest BCUT2D eigenvalue weighted by molar-refractivity contribution is 5.72. The molecule has 0 saturated heterocycles. The lowest BCUT2D eigenvalue weighted by Crippen LogP contribution is -2.31. The number of hydrogen-bond donors (Lipinski definition) is 0. The van der Waals surface area contributed by atoms with Gasteiger partial charge in [0, 0.05) is 6.61 Å². The van der Waals surface area contributed by atoms with Gasteiger partial charge in [-0.25, -0.2) is 0 Å². The Labute approximate surface area is 129 Å². The van der Waals surface area contributed by atoms with Crippen LogP contribution in [0.5, 0.6) is 0 Å². The number of carbonyl (C=O) groups is 1. The van der Waals surface area contributed by atoms with Crippen molar-refractivity contribution in [2.75, 3.05) is 6.61 Å². The van der Waals surface area contributed by atoms with Gasteiger partial charge in [-0.05, 0) is 64.2 Å². The second-order valence-electron chi connectivity index (χ2n) is 6.80. The molecular weight excluding hydrogens is 264 g/mol. The molecule has 2 aliphatic carbocycles. The Hall–Kier alpha value is -0.570. The molecule has 2 aliphatic rings. The van der Waals surface area contributed by atoms with Gasteiger partial charge in [0.1, 0.15) is 6.10 Å². The zero-order valence-electron chi connectivity index (χ0n) is 13.8. The van der Waals surface area contributed by atoms with E-state index in [2.05, 4.69) is 6.92 Å². The molecule has 2 fully saturated rings. The summed E-state index contributed by atoms with van der Waals surface area (Å²) in [5.41, 5.74) is 0. The molecule has 0 aromatic carbocycles. The predicted octanol–water partition coefficient (Wildman–Crippen LogP) is 4.48. The smallest absolute Gasteiger partial charge is 0.309 e. The van der Waals surface area contributed by atoms with Gasteiger partial charge >= 0.3 is 5.97 Å². The molecular formula is C18H32O3. The van der Waals surface area contributed by atoms with Crippen LogP contribution in [0, 0.1) is 11.8 Å². The van der Waals surface area contributed by atoms with Gasteiger partial charge in [-0.2, -0.15) is 0 Å². The lowest BCUT2D eigenvalue weighted by atomic mass is 9.84. The van der Waals surface area contributed by atoms with Crippen LogP contribution in [-0.2, 0) is 14.3 Å². The van der Waals surface area contributed by atoms with E-state index in [9.17, 15) is 4.79 Å². The van der Waals surface area contributed by atoms with E-state index in [1.807, 2.05) is 6.92 Å². The topological polar surface area (TPSA) is 35.5 Å². The summed E-state index contributed by atoms with van der Waals surface area (Å²) < 4.78 is 11.4. The molecule has 0 amide bonds. The van der Waals surface area contributed by atoms with Crippen molar-refractivity contribution in [2.45, 2.75) is 90.3 Å². The summed E-state index contributed by atoms with van der Waals surface area (Å²) in [5, 5.41) is 0. The van der Waals surface area contributed by atoms with Gasteiger partial charge in [0.25, 0.3) is 0 Å². The van der Waals surface area contributed by atoms with Crippen molar-refractivity contribution < 1.29 is 14.3 Å². The molecule has 0 radical (unpaired) electrons. The Kier molecular flexibility index (Phi) is 7.01. The van der Waals surface area contributed by atoms with Gasteiger partial charge in [0.2, 0.25) is 0 Å². The fourth-order valence-corrected chi connectivity index (χ4v) is 3.91. The van der Waals surface area contributed by atoms with Crippen molar-refractivity contribution in [2.24, 2.45) is 11.8 Å². The average molecular weight is 296 g/mol. The summed E-state index contributed by atoms with van der Waals surface area (Å²) in [6, 6.07) is 0. The summed E-state index contributed by atoms with van der Waals surface area (Å²) >= 11 is 0. The summed E-state index contributed by atoms with van der Waals surface area (Å²) in [6.07, 6.45) is 11.7. The van der Waals surface area contributed by atoms with Crippen LogP contribution in [0.3, 0.4) is 0 Å². The van der Waals surface area contributed by atoms with Crippen LogP contribution in [0.1, 0.15) is 78.1 Å². The van der Waals surface area contributed by atoms with Gasteiger partial charge in [0.05, 0.1) is 12.0 Å². The maximum absolute atomic E-state index is 12.3. The average Bonchev–Trinajstić information content (AvgIpc) is 2.50. The number of esters is 1. The van der Waals surface area contributed by atoms with Gasteiger partial charge in [-0.15, -0.1) is 0 Å². The molecule has 0 atom stereocenters. The zero-order valence-corrected chi connectivity index (χ0v) is 13.8. The SMILES string of the molecule is CCCC1CCC(OC(=O)C2CCC(OCC)CC2)CC1. The lowest BCUT2D eigenvalue weighted by Gasteiger charge is -2.31. The molecule has 21 heavy (non-hydrogen) atoms. The molecule has 2 rings (SSSR count). The van der Waals surface area contributed by atoms with E-state index in [0.717, 1.165) is 51.0 Å². The largest absolute Gasteiger partial charge is 0.462 e. The lowest BCUT2D eigenvalue weighted by molar-refractivity contribution is -0.158. The summed E-state index contributed by atoms with van der Waals surface area (Å²) in [4.78, 5) is 12.3. The second-order valence-corrected chi connectivity index (χ2v) is 6.80. The monoisotopic (exact) mass is 296 g/mol. The van der Waals surface area contributed by atoms with Crippen LogP contribution < -0.4 is 0 Å². The van der Waals surface area contributed by atoms with Crippen LogP contribution in [0.2, 0.25) is 0 Å². The predicted molar refractivity (Wildman–Crippen MR) is 84.1 cm³/mol. The Bertz CT molecular complexity index is 300. The number of ether oxygens (including phenoxy) is 2. The quantitative estimate of drug-likeness (QED) is 0.678. The minimum Gasteiger partial charge on any atom is -0.462 e. The number of hydrogen-bond acceptors (Lipinski definition) is 3. The van der Waals surface area contributed by atoms with Crippen LogP contribution in [-0.4, -0.2) is 24.8 Å². The van der Waals surface area contributed by atoms with Gasteiger partial charge in [0.15, 0.2) is 0 Å². The summed E-state index contributed by atoms with van der Waals surface area (Å²) in [7, 11) is 0. The normalized spacial score (nSPS) is 33.6. The van der Waals surface area contributed by atoms with E-state index in [4.69, 9.17) is 9.47 Å². The third-order valence-electron chi connectivity index (χ3n) is 5.18. The van der Waals surface area contributed by atoms with Crippen molar-refractivity contribution in [1.82, 2.24) is 0 Å². The minimum absolute atomic E-state index is 0.0592. The third kappa shape index (κ3) is 5.28. The first-order chi connectivity index (χ1) is 10.2. The van der Waals surface area contributed by atoms with Crippen molar-refractivity contribution in [1.29, 1.82) is 0 Å². The van der Waals surface area contributed by atoms with Crippen molar-refractivity contribution in [3.63, 3.8) is 0 Å². The molecule has 0 unspecified atom stereocenters. The van der Waals surface area contributed by atoms with E-state index < -0.39 is 0 Å². The molecule has 3 heteroatoms. The van der Waals surface area contributed by atoms with E-state index >= 15 is 0 Å². The first kappa shape index (κ1) is 16.8. The molecule has 0 aromatic heterocycles. The Morgan fingerprint density at radius 2 is 1.52 bits per heavy atom. The second kappa shape index (κ2) is 8.77. The Morgan fingerprint density at radius 1 is 0.905 bits per heavy atom. The van der Waals surface area contributed by atoms with E-state index in [0.29, 0.717) is 6.10 Å². The van der Waals surface area contributed by atoms with Crippen LogP contribution >= 0.6 is 0 Å². The molecule has 122 valence electrons. The molecule has 3 nitrogen and oxygen atoms in total. The van der Waals surface area contributed by atoms with Crippen molar-refractivity contribution >= 4 is 5.97 Å². The first-order valence-corrected chi connectivity index (χ1v) is 9.05. The number of carbonyl (C=O) groups excluding carboxylic acids is 1. The van der Waals surface area contributed by atoms with Gasteiger partial charge in [-0.1, -0.05) is 19.8 Å². The Morgan fingerprint density at radius 3 is 2.10 bits per heavy atom. The highest BCUT2D eigenvalue weighted by Gasteiger charge is 2.30. The molecule has 2 saturated carbocycles. The fraction of sp³-hybridized carbons (Fsp3) is 0.944. The highest BCUT2D eigenvalue weighted by Crippen LogP contribution is 2.32. The Balaban J connectivity index is 1.66. The van der Waals surface area contributed by atoms with Gasteiger partial charge in [-0.3, -0.25) is 4.79 Å². The molecule has 0 heterocycles. The highest BCUT2D eigenvalue weighted by atomic mass is 16.5. The number of rotatable bonds is 6. The first-order valence-electron chi connectivity index (χ1n) is 9.05. The van der Waals surface area contributed by atoms with E-state index in [1.165, 1.54) is 25.7 Å². The van der Waals surface area contributed by atoms with Crippen LogP contribution in [0.25, 0.3) is 0 Å². The molecule has 0 N–H and O–H groups in total. The van der Waals surface area contributed by atoms with Crippen molar-refractivity contribution in [3.05, 3.63) is 0 Å². The standard InChI is InChI=1S/C18H32O3/c1-3-5-14-6-10-17(11-7-14)21-18(19)15-8-12-16(13-9-15)20-4-2/h14-17H,3-13H2,1-2H3. The molecule has 0 spiro atoms. The molecule has 0 aromatic rings. The summed E-state index contributed by atoms with van der Waals surface area (Å²) in [5.74, 6) is 1.05. The van der Waals surface area contributed by atoms with Crippen molar-refractivity contribution in [3.8, 4) is 0 Å². The van der Waals surface area contributed by atoms with Gasteiger partial charge < -0.3 is 9.47 Å². The molecule has 0 bridgehead atoms. The zero-order chi connectivity index (χ0) is 15.1. The van der Waals surface area contributed by atoms with E-state index in [1.54, 1.807) is 0 Å². The summed E-state index contributed by atoms with van der Waals surface area (Å²) in [6.45, 7) is 5.07. The van der Waals surface area contributed by atoms with E-state index in [-0.39, 0.29) is 18.0 Å². The van der Waals surface area contributed by atoms with Crippen LogP contribution in [0.4, 0.5) is 0 Å². The molecule has 0 aliphatic heterocycles. The van der Waals surface area contributed by atoms with Crippen LogP contribution in [0.15, 0.2) is 0 Å².